The third kappa shape index (κ3) is 2.22. The van der Waals surface area contributed by atoms with Crippen LogP contribution in [0.25, 0.3) is 11.0 Å². The first-order valence-electron chi connectivity index (χ1n) is 5.52. The molecule has 0 aliphatic rings. The molecule has 94 valence electrons. The highest BCUT2D eigenvalue weighted by Crippen LogP contribution is 2.32. The summed E-state index contributed by atoms with van der Waals surface area (Å²) in [6.07, 6.45) is 1.64. The van der Waals surface area contributed by atoms with Crippen LogP contribution < -0.4 is 15.1 Å². The van der Waals surface area contributed by atoms with E-state index in [1.54, 1.807) is 25.3 Å². The normalized spacial score (nSPS) is 10.3. The van der Waals surface area contributed by atoms with Crippen molar-refractivity contribution in [2.24, 2.45) is 0 Å². The van der Waals surface area contributed by atoms with Gasteiger partial charge in [0, 0.05) is 18.2 Å². The molecule has 0 spiro atoms. The molecule has 0 saturated heterocycles. The maximum absolute atomic E-state index is 11.4. The van der Waals surface area contributed by atoms with E-state index in [1.165, 1.54) is 6.07 Å². The number of ether oxygens (including phenoxy) is 2. The Morgan fingerprint density at radius 1 is 1.39 bits per heavy atom. The number of aryl methyl sites for hydroxylation is 1. The minimum atomic E-state index is -0.386. The summed E-state index contributed by atoms with van der Waals surface area (Å²) >= 11 is 0. The van der Waals surface area contributed by atoms with Gasteiger partial charge < -0.3 is 13.9 Å². The standard InChI is InChI=1S/C14H14O4/c1-4-5-17-10-7-11(16-3)14-9(2)6-13(15)18-12(14)8-10/h4,6-8H,1,5H2,2-3H3. The van der Waals surface area contributed by atoms with Gasteiger partial charge in [-0.05, 0) is 12.5 Å². The molecular weight excluding hydrogens is 232 g/mol. The van der Waals surface area contributed by atoms with Crippen LogP contribution >= 0.6 is 0 Å². The number of methoxy groups -OCH3 is 1. The van der Waals surface area contributed by atoms with Gasteiger partial charge in [-0.2, -0.15) is 0 Å². The predicted octanol–water partition coefficient (Wildman–Crippen LogP) is 2.67. The van der Waals surface area contributed by atoms with E-state index in [0.717, 1.165) is 10.9 Å². The van der Waals surface area contributed by atoms with Crippen LogP contribution in [0.15, 0.2) is 40.1 Å². The van der Waals surface area contributed by atoms with Gasteiger partial charge in [-0.15, -0.1) is 0 Å². The van der Waals surface area contributed by atoms with E-state index in [1.807, 2.05) is 6.92 Å². The van der Waals surface area contributed by atoms with E-state index >= 15 is 0 Å². The molecule has 18 heavy (non-hydrogen) atoms. The number of fused-ring (bicyclic) bond motifs is 1. The van der Waals surface area contributed by atoms with Crippen molar-refractivity contribution in [2.75, 3.05) is 13.7 Å². The summed E-state index contributed by atoms with van der Waals surface area (Å²) in [4.78, 5) is 11.4. The second-order valence-electron chi connectivity index (χ2n) is 3.85. The van der Waals surface area contributed by atoms with Gasteiger partial charge in [-0.3, -0.25) is 0 Å². The monoisotopic (exact) mass is 246 g/mol. The molecule has 0 saturated carbocycles. The van der Waals surface area contributed by atoms with E-state index in [9.17, 15) is 4.79 Å². The third-order valence-corrected chi connectivity index (χ3v) is 2.57. The van der Waals surface area contributed by atoms with Crippen molar-refractivity contribution in [3.63, 3.8) is 0 Å². The van der Waals surface area contributed by atoms with Crippen LogP contribution in [0.5, 0.6) is 11.5 Å². The van der Waals surface area contributed by atoms with Gasteiger partial charge in [0.15, 0.2) is 0 Å². The fourth-order valence-electron chi connectivity index (χ4n) is 1.82. The first-order valence-corrected chi connectivity index (χ1v) is 5.52. The van der Waals surface area contributed by atoms with E-state index < -0.39 is 0 Å². The fourth-order valence-corrected chi connectivity index (χ4v) is 1.82. The lowest BCUT2D eigenvalue weighted by atomic mass is 10.1. The van der Waals surface area contributed by atoms with E-state index in [0.29, 0.717) is 23.7 Å². The minimum absolute atomic E-state index is 0.380. The Morgan fingerprint density at radius 2 is 2.17 bits per heavy atom. The largest absolute Gasteiger partial charge is 0.496 e. The van der Waals surface area contributed by atoms with Crippen molar-refractivity contribution in [3.05, 3.63) is 46.8 Å². The maximum Gasteiger partial charge on any atom is 0.336 e. The zero-order chi connectivity index (χ0) is 13.1. The molecule has 0 radical (unpaired) electrons. The minimum Gasteiger partial charge on any atom is -0.496 e. The zero-order valence-electron chi connectivity index (χ0n) is 10.4. The smallest absolute Gasteiger partial charge is 0.336 e. The first-order chi connectivity index (χ1) is 8.65. The lowest BCUT2D eigenvalue weighted by molar-refractivity contribution is 0.357. The Kier molecular flexibility index (Phi) is 3.37. The molecule has 0 fully saturated rings. The van der Waals surface area contributed by atoms with Gasteiger partial charge in [0.05, 0.1) is 12.5 Å². The number of rotatable bonds is 4. The van der Waals surface area contributed by atoms with Gasteiger partial charge in [-0.25, -0.2) is 4.79 Å². The summed E-state index contributed by atoms with van der Waals surface area (Å²) in [5, 5.41) is 0.781. The average Bonchev–Trinajstić information content (AvgIpc) is 2.34. The molecule has 1 aromatic carbocycles. The van der Waals surface area contributed by atoms with Gasteiger partial charge in [0.1, 0.15) is 23.7 Å². The molecule has 1 heterocycles. The van der Waals surface area contributed by atoms with Gasteiger partial charge >= 0.3 is 5.63 Å². The van der Waals surface area contributed by atoms with Crippen molar-refractivity contribution >= 4 is 11.0 Å². The molecule has 2 aromatic rings. The quantitative estimate of drug-likeness (QED) is 0.614. The fraction of sp³-hybridized carbons (Fsp3) is 0.214. The Morgan fingerprint density at radius 3 is 2.83 bits per heavy atom. The second kappa shape index (κ2) is 4.96. The van der Waals surface area contributed by atoms with E-state index in [2.05, 4.69) is 6.58 Å². The van der Waals surface area contributed by atoms with E-state index in [4.69, 9.17) is 13.9 Å². The molecule has 1 aromatic heterocycles. The molecule has 0 bridgehead atoms. The van der Waals surface area contributed by atoms with Crippen LogP contribution in [0.4, 0.5) is 0 Å². The summed E-state index contributed by atoms with van der Waals surface area (Å²) < 4.78 is 15.9. The lowest BCUT2D eigenvalue weighted by Crippen LogP contribution is -2.00. The summed E-state index contributed by atoms with van der Waals surface area (Å²) in [6.45, 7) is 5.80. The maximum atomic E-state index is 11.4. The third-order valence-electron chi connectivity index (χ3n) is 2.57. The van der Waals surface area contributed by atoms with Gasteiger partial charge in [0.2, 0.25) is 0 Å². The van der Waals surface area contributed by atoms with Crippen molar-refractivity contribution < 1.29 is 13.9 Å². The van der Waals surface area contributed by atoms with Gasteiger partial charge in [-0.1, -0.05) is 12.7 Å². The topological polar surface area (TPSA) is 48.7 Å². The van der Waals surface area contributed by atoms with Crippen molar-refractivity contribution in [2.45, 2.75) is 6.92 Å². The van der Waals surface area contributed by atoms with Crippen molar-refractivity contribution in [3.8, 4) is 11.5 Å². The molecule has 4 heteroatoms. The number of hydrogen-bond donors (Lipinski definition) is 0. The lowest BCUT2D eigenvalue weighted by Gasteiger charge is -2.10. The molecule has 0 aliphatic carbocycles. The van der Waals surface area contributed by atoms with Crippen LogP contribution in [-0.2, 0) is 0 Å². The summed E-state index contributed by atoms with van der Waals surface area (Å²) in [6, 6.07) is 4.88. The molecule has 2 rings (SSSR count). The van der Waals surface area contributed by atoms with Crippen LogP contribution in [0.3, 0.4) is 0 Å². The molecule has 4 nitrogen and oxygen atoms in total. The van der Waals surface area contributed by atoms with Crippen molar-refractivity contribution in [1.29, 1.82) is 0 Å². The second-order valence-corrected chi connectivity index (χ2v) is 3.85. The highest BCUT2D eigenvalue weighted by atomic mass is 16.5. The SMILES string of the molecule is C=CCOc1cc(OC)c2c(C)cc(=O)oc2c1. The van der Waals surface area contributed by atoms with Crippen LogP contribution in [-0.4, -0.2) is 13.7 Å². The summed E-state index contributed by atoms with van der Waals surface area (Å²) in [5.41, 5.74) is 0.884. The highest BCUT2D eigenvalue weighted by Gasteiger charge is 2.11. The molecule has 0 atom stereocenters. The van der Waals surface area contributed by atoms with Crippen LogP contribution in [0.1, 0.15) is 5.56 Å². The van der Waals surface area contributed by atoms with Crippen LogP contribution in [0.2, 0.25) is 0 Å². The molecule has 0 amide bonds. The average molecular weight is 246 g/mol. The Labute approximate surface area is 104 Å². The zero-order valence-corrected chi connectivity index (χ0v) is 10.4. The highest BCUT2D eigenvalue weighted by molar-refractivity contribution is 5.88. The number of benzene rings is 1. The molecule has 0 unspecified atom stereocenters. The molecule has 0 aliphatic heterocycles. The van der Waals surface area contributed by atoms with E-state index in [-0.39, 0.29) is 5.63 Å². The predicted molar refractivity (Wildman–Crippen MR) is 69.5 cm³/mol. The van der Waals surface area contributed by atoms with Crippen molar-refractivity contribution in [1.82, 2.24) is 0 Å². The first kappa shape index (κ1) is 12.2. The Hall–Kier alpha value is -2.23. The Bertz CT molecular complexity index is 640. The number of hydrogen-bond acceptors (Lipinski definition) is 4. The summed E-state index contributed by atoms with van der Waals surface area (Å²) in [7, 11) is 1.57. The summed E-state index contributed by atoms with van der Waals surface area (Å²) in [5.74, 6) is 1.20. The molecule has 0 N–H and O–H groups in total. The molecular formula is C14H14O4. The Balaban J connectivity index is 2.67. The van der Waals surface area contributed by atoms with Crippen LogP contribution in [0, 0.1) is 6.92 Å². The van der Waals surface area contributed by atoms with Gasteiger partial charge in [0.25, 0.3) is 0 Å².